The summed E-state index contributed by atoms with van der Waals surface area (Å²) in [4.78, 5) is 44.2. The number of rotatable bonds is 10. The van der Waals surface area contributed by atoms with Gasteiger partial charge < -0.3 is 24.7 Å². The van der Waals surface area contributed by atoms with Crippen LogP contribution >= 0.6 is 11.6 Å². The number of nitriles is 1. The summed E-state index contributed by atoms with van der Waals surface area (Å²) in [5.74, 6) is -0.478. The number of anilines is 2. The summed E-state index contributed by atoms with van der Waals surface area (Å²) in [5.41, 5.74) is 8.13. The first-order valence-electron chi connectivity index (χ1n) is 15.1. The van der Waals surface area contributed by atoms with Crippen molar-refractivity contribution >= 4 is 40.5 Å². The van der Waals surface area contributed by atoms with Crippen molar-refractivity contribution < 1.29 is 18.7 Å². The third-order valence-corrected chi connectivity index (χ3v) is 8.17. The zero-order valence-corrected chi connectivity index (χ0v) is 28.5. The Kier molecular flexibility index (Phi) is 10.0. The first-order chi connectivity index (χ1) is 23.4. The van der Waals surface area contributed by atoms with Crippen LogP contribution in [0.3, 0.4) is 0 Å². The Balaban J connectivity index is 1.71. The number of ether oxygens (including phenoxy) is 2. The van der Waals surface area contributed by atoms with E-state index in [0.29, 0.717) is 28.5 Å². The number of carbonyl (C=O) groups excluding carboxylic acids is 1. The molecule has 5 rings (SSSR count). The van der Waals surface area contributed by atoms with E-state index in [1.165, 1.54) is 47.2 Å². The van der Waals surface area contributed by atoms with Gasteiger partial charge in [-0.3, -0.25) is 14.5 Å². The van der Waals surface area contributed by atoms with Crippen molar-refractivity contribution in [3.63, 3.8) is 0 Å². The number of pyridine rings is 1. The number of amides is 1. The van der Waals surface area contributed by atoms with E-state index in [1.54, 1.807) is 56.4 Å². The number of hydrogen-bond acceptors (Lipinski definition) is 10. The largest absolute Gasteiger partial charge is 0.497 e. The average Bonchev–Trinajstić information content (AvgIpc) is 3.34. The first-order valence-corrected chi connectivity index (χ1v) is 15.5. The number of benzene rings is 2. The fraction of sp³-hybridized carbons (Fsp3) is 0.257. The van der Waals surface area contributed by atoms with Crippen LogP contribution in [-0.2, 0) is 11.3 Å². The van der Waals surface area contributed by atoms with Gasteiger partial charge in [0, 0.05) is 25.9 Å². The lowest BCUT2D eigenvalue weighted by Gasteiger charge is -2.29. The van der Waals surface area contributed by atoms with Gasteiger partial charge in [0.25, 0.3) is 11.5 Å². The molecule has 0 aliphatic carbocycles. The van der Waals surface area contributed by atoms with Gasteiger partial charge in [0.15, 0.2) is 0 Å². The lowest BCUT2D eigenvalue weighted by Crippen LogP contribution is -2.34. The van der Waals surface area contributed by atoms with Gasteiger partial charge in [-0.1, -0.05) is 43.6 Å². The molecule has 2 N–H and O–H groups in total. The van der Waals surface area contributed by atoms with Gasteiger partial charge in [0.2, 0.25) is 11.8 Å². The van der Waals surface area contributed by atoms with Gasteiger partial charge in [0.1, 0.15) is 34.0 Å². The topological polar surface area (TPSA) is 152 Å². The lowest BCUT2D eigenvalue weighted by atomic mass is 9.89. The Hall–Kier alpha value is -5.74. The Morgan fingerprint density at radius 2 is 1.86 bits per heavy atom. The number of nitrogens with two attached hydrogens (primary N) is 1. The molecule has 0 saturated heterocycles. The minimum atomic E-state index is -1.04. The van der Waals surface area contributed by atoms with Gasteiger partial charge in [-0.15, -0.1) is 0 Å². The predicted octanol–water partition coefficient (Wildman–Crippen LogP) is 5.16. The minimum Gasteiger partial charge on any atom is -0.497 e. The third kappa shape index (κ3) is 6.81. The normalized spacial score (nSPS) is 14.8. The van der Waals surface area contributed by atoms with E-state index in [1.807, 2.05) is 19.9 Å². The summed E-state index contributed by atoms with van der Waals surface area (Å²) in [6, 6.07) is 13.4. The zero-order chi connectivity index (χ0) is 35.6. The van der Waals surface area contributed by atoms with Crippen LogP contribution in [0.4, 0.5) is 21.7 Å². The van der Waals surface area contributed by atoms with E-state index in [-0.39, 0.29) is 46.0 Å². The molecule has 49 heavy (non-hydrogen) atoms. The van der Waals surface area contributed by atoms with Crippen molar-refractivity contribution in [3.05, 3.63) is 110 Å². The molecule has 0 spiro atoms. The number of methoxy groups -OCH3 is 2. The monoisotopic (exact) mass is 684 g/mol. The number of halogens is 2. The van der Waals surface area contributed by atoms with Crippen molar-refractivity contribution in [1.82, 2.24) is 14.5 Å². The van der Waals surface area contributed by atoms with Crippen molar-refractivity contribution in [3.8, 4) is 17.7 Å². The molecular formula is C35H34ClFN8O4. The second-order valence-electron chi connectivity index (χ2n) is 11.7. The van der Waals surface area contributed by atoms with Crippen LogP contribution in [-0.4, -0.2) is 54.5 Å². The Morgan fingerprint density at radius 3 is 2.45 bits per heavy atom. The maximum absolute atomic E-state index is 15.2. The minimum absolute atomic E-state index is 0.131. The Labute approximate surface area is 287 Å². The molecule has 0 fully saturated rings. The van der Waals surface area contributed by atoms with Gasteiger partial charge in [-0.25, -0.2) is 14.4 Å². The highest BCUT2D eigenvalue weighted by molar-refractivity contribution is 6.31. The van der Waals surface area contributed by atoms with E-state index < -0.39 is 23.3 Å². The van der Waals surface area contributed by atoms with Crippen LogP contribution in [0.1, 0.15) is 36.6 Å². The fourth-order valence-corrected chi connectivity index (χ4v) is 5.70. The van der Waals surface area contributed by atoms with Crippen LogP contribution in [0.5, 0.6) is 11.6 Å². The summed E-state index contributed by atoms with van der Waals surface area (Å²) < 4.78 is 27.4. The van der Waals surface area contributed by atoms with Crippen molar-refractivity contribution in [1.29, 1.82) is 5.26 Å². The summed E-state index contributed by atoms with van der Waals surface area (Å²) in [6.45, 7) is 3.87. The molecule has 2 aromatic carbocycles. The fourth-order valence-electron chi connectivity index (χ4n) is 5.48. The van der Waals surface area contributed by atoms with Crippen LogP contribution in [0.15, 0.2) is 82.0 Å². The second kappa shape index (κ2) is 14.2. The zero-order valence-electron chi connectivity index (χ0n) is 27.7. The standard InChI is InChI=1S/C35H34ClFN8O4/c1-19(2)30(41-27-16-40-35(43(3)4)42-32(27)49-6)28-29(39)34(47)45(31(28)21-9-10-22(15-38)26(37)13-21)23-14-25(36)33(46)44(18-23)17-20-7-11-24(48-5)12-8-20/h7-14,16,18-19,31H,17,39H2,1-6H3. The summed E-state index contributed by atoms with van der Waals surface area (Å²) in [6.07, 6.45) is 3.00. The predicted molar refractivity (Wildman–Crippen MR) is 185 cm³/mol. The molecule has 0 radical (unpaired) electrons. The molecule has 0 saturated carbocycles. The van der Waals surface area contributed by atoms with Gasteiger partial charge in [-0.05, 0) is 47.4 Å². The molecule has 2 aromatic heterocycles. The number of aliphatic imine (C=N–C) groups is 1. The number of aromatic nitrogens is 3. The van der Waals surface area contributed by atoms with E-state index in [4.69, 9.17) is 31.8 Å². The molecule has 1 amide bonds. The second-order valence-corrected chi connectivity index (χ2v) is 12.1. The molecule has 1 aliphatic rings. The molecule has 0 bridgehead atoms. The Bertz CT molecular complexity index is 2090. The highest BCUT2D eigenvalue weighted by Crippen LogP contribution is 2.43. The quantitative estimate of drug-likeness (QED) is 0.223. The smallest absolute Gasteiger partial charge is 0.275 e. The maximum atomic E-state index is 15.2. The van der Waals surface area contributed by atoms with Crippen molar-refractivity contribution in [2.45, 2.75) is 26.4 Å². The molecule has 3 heterocycles. The van der Waals surface area contributed by atoms with Crippen molar-refractivity contribution in [2.75, 3.05) is 38.1 Å². The van der Waals surface area contributed by atoms with Crippen LogP contribution in [0, 0.1) is 23.1 Å². The molecule has 12 nitrogen and oxygen atoms in total. The first kappa shape index (κ1) is 34.6. The molecule has 1 atom stereocenters. The van der Waals surface area contributed by atoms with Crippen LogP contribution < -0.4 is 30.6 Å². The van der Waals surface area contributed by atoms with E-state index >= 15 is 4.39 Å². The van der Waals surface area contributed by atoms with Crippen LogP contribution in [0.2, 0.25) is 5.02 Å². The molecule has 1 unspecified atom stereocenters. The highest BCUT2D eigenvalue weighted by atomic mass is 35.5. The molecule has 252 valence electrons. The molecule has 14 heteroatoms. The number of carbonyl (C=O) groups is 1. The highest BCUT2D eigenvalue weighted by Gasteiger charge is 2.43. The van der Waals surface area contributed by atoms with E-state index in [0.717, 1.165) is 5.56 Å². The van der Waals surface area contributed by atoms with Gasteiger partial charge in [-0.2, -0.15) is 10.2 Å². The average molecular weight is 685 g/mol. The summed E-state index contributed by atoms with van der Waals surface area (Å²) in [7, 11) is 6.59. The molecular weight excluding hydrogens is 651 g/mol. The van der Waals surface area contributed by atoms with E-state index in [9.17, 15) is 14.9 Å². The third-order valence-electron chi connectivity index (χ3n) is 7.90. The summed E-state index contributed by atoms with van der Waals surface area (Å²) >= 11 is 6.49. The van der Waals surface area contributed by atoms with E-state index in [2.05, 4.69) is 9.97 Å². The van der Waals surface area contributed by atoms with Gasteiger partial charge in [0.05, 0.1) is 50.0 Å². The van der Waals surface area contributed by atoms with Gasteiger partial charge >= 0.3 is 0 Å². The molecule has 1 aliphatic heterocycles. The number of hydrogen-bond donors (Lipinski definition) is 1. The van der Waals surface area contributed by atoms with Crippen LogP contribution in [0.25, 0.3) is 0 Å². The number of nitrogens with zero attached hydrogens (tertiary/aromatic N) is 7. The SMILES string of the molecule is COc1ccc(Cn2cc(N3C(=O)C(N)=C(C(=Nc4cnc(N(C)C)nc4OC)C(C)C)C3c3ccc(C#N)c(F)c3)cc(Cl)c2=O)cc1. The Morgan fingerprint density at radius 1 is 1.14 bits per heavy atom. The van der Waals surface area contributed by atoms with Crippen molar-refractivity contribution in [2.24, 2.45) is 16.6 Å². The maximum Gasteiger partial charge on any atom is 0.275 e. The molecule has 4 aromatic rings. The lowest BCUT2D eigenvalue weighted by molar-refractivity contribution is -0.114. The summed E-state index contributed by atoms with van der Waals surface area (Å²) in [5, 5.41) is 9.28.